The number of hydrogen-bond acceptors (Lipinski definition) is 6. The topological polar surface area (TPSA) is 104 Å². The van der Waals surface area contributed by atoms with Gasteiger partial charge in [-0.05, 0) is 6.42 Å². The highest BCUT2D eigenvalue weighted by atomic mass is 28.4. The molecule has 0 aliphatic rings. The molecule has 0 aliphatic carbocycles. The zero-order valence-electron chi connectivity index (χ0n) is 11.2. The summed E-state index contributed by atoms with van der Waals surface area (Å²) in [5.74, 6) is 4.82. The SMILES string of the molecule is CO[Si](CCCNC(=O)NCCON)(OC)OC. The highest BCUT2D eigenvalue weighted by Gasteiger charge is 2.36. The minimum atomic E-state index is -2.53. The van der Waals surface area contributed by atoms with Crippen LogP contribution in [0.25, 0.3) is 0 Å². The van der Waals surface area contributed by atoms with Gasteiger partial charge in [-0.1, -0.05) is 0 Å². The highest BCUT2D eigenvalue weighted by molar-refractivity contribution is 6.60. The van der Waals surface area contributed by atoms with E-state index in [4.69, 9.17) is 19.2 Å². The van der Waals surface area contributed by atoms with Gasteiger partial charge in [0.05, 0.1) is 6.61 Å². The molecule has 0 fully saturated rings. The second-order valence-corrected chi connectivity index (χ2v) is 6.54. The second-order valence-electron chi connectivity index (χ2n) is 3.45. The molecule has 0 aromatic rings. The van der Waals surface area contributed by atoms with Crippen LogP contribution in [0, 0.1) is 0 Å². The Kier molecular flexibility index (Phi) is 9.83. The van der Waals surface area contributed by atoms with E-state index in [-0.39, 0.29) is 12.6 Å². The first kappa shape index (κ1) is 17.3. The van der Waals surface area contributed by atoms with Crippen molar-refractivity contribution < 1.29 is 22.9 Å². The molecule has 8 nitrogen and oxygen atoms in total. The number of nitrogens with two attached hydrogens (primary N) is 1. The molecule has 18 heavy (non-hydrogen) atoms. The van der Waals surface area contributed by atoms with Crippen molar-refractivity contribution in [3.8, 4) is 0 Å². The standard InChI is InChI=1S/C9H23N3O5Si/c1-14-18(15-2,16-3)8-4-5-11-9(13)12-6-7-17-10/h4-8,10H2,1-3H3,(H2,11,12,13). The number of rotatable bonds is 10. The Balaban J connectivity index is 3.68. The quantitative estimate of drug-likeness (QED) is 0.282. The van der Waals surface area contributed by atoms with Gasteiger partial charge in [-0.2, -0.15) is 0 Å². The summed E-state index contributed by atoms with van der Waals surface area (Å²) >= 11 is 0. The minimum Gasteiger partial charge on any atom is -0.377 e. The van der Waals surface area contributed by atoms with Gasteiger partial charge >= 0.3 is 14.8 Å². The molecule has 0 spiro atoms. The van der Waals surface area contributed by atoms with Crippen LogP contribution in [0.4, 0.5) is 4.79 Å². The van der Waals surface area contributed by atoms with E-state index in [0.29, 0.717) is 25.6 Å². The minimum absolute atomic E-state index is 0.258. The van der Waals surface area contributed by atoms with E-state index in [2.05, 4.69) is 15.5 Å². The molecule has 0 saturated carbocycles. The third-order valence-corrected chi connectivity index (χ3v) is 5.22. The van der Waals surface area contributed by atoms with Gasteiger partial charge in [-0.15, -0.1) is 0 Å². The summed E-state index contributed by atoms with van der Waals surface area (Å²) in [6.45, 7) is 1.16. The van der Waals surface area contributed by atoms with Crippen molar-refractivity contribution in [3.63, 3.8) is 0 Å². The molecule has 0 aromatic carbocycles. The van der Waals surface area contributed by atoms with Crippen molar-refractivity contribution in [2.24, 2.45) is 5.90 Å². The van der Waals surface area contributed by atoms with Gasteiger partial charge in [0.2, 0.25) is 0 Å². The Bertz CT molecular complexity index is 220. The van der Waals surface area contributed by atoms with E-state index in [0.717, 1.165) is 0 Å². The fourth-order valence-electron chi connectivity index (χ4n) is 1.35. The molecule has 0 bridgehead atoms. The van der Waals surface area contributed by atoms with Crippen LogP contribution in [0.15, 0.2) is 0 Å². The Labute approximate surface area is 108 Å². The van der Waals surface area contributed by atoms with Crippen LogP contribution < -0.4 is 16.5 Å². The van der Waals surface area contributed by atoms with Crippen LogP contribution in [-0.4, -0.2) is 55.9 Å². The average molecular weight is 281 g/mol. The number of hydrogen-bond donors (Lipinski definition) is 3. The van der Waals surface area contributed by atoms with Crippen molar-refractivity contribution in [2.45, 2.75) is 12.5 Å². The second kappa shape index (κ2) is 10.2. The van der Waals surface area contributed by atoms with Crippen molar-refractivity contribution in [1.82, 2.24) is 10.6 Å². The summed E-state index contributed by atoms with van der Waals surface area (Å²) in [4.78, 5) is 15.6. The molecule has 108 valence electrons. The molecule has 0 aliphatic heterocycles. The van der Waals surface area contributed by atoms with Gasteiger partial charge < -0.3 is 28.7 Å². The molecule has 0 saturated heterocycles. The lowest BCUT2D eigenvalue weighted by molar-refractivity contribution is 0.123. The smallest absolute Gasteiger partial charge is 0.377 e. The number of nitrogens with one attached hydrogen (secondary N) is 2. The highest BCUT2D eigenvalue weighted by Crippen LogP contribution is 2.14. The lowest BCUT2D eigenvalue weighted by Crippen LogP contribution is -2.44. The maximum Gasteiger partial charge on any atom is 0.500 e. The summed E-state index contributed by atoms with van der Waals surface area (Å²) in [7, 11) is 2.16. The van der Waals surface area contributed by atoms with Gasteiger partial charge in [-0.25, -0.2) is 10.7 Å². The van der Waals surface area contributed by atoms with Crippen LogP contribution in [0.3, 0.4) is 0 Å². The maximum absolute atomic E-state index is 11.2. The Hall–Kier alpha value is -0.713. The first-order chi connectivity index (χ1) is 8.64. The third kappa shape index (κ3) is 6.89. The van der Waals surface area contributed by atoms with Gasteiger partial charge in [-0.3, -0.25) is 0 Å². The van der Waals surface area contributed by atoms with Crippen molar-refractivity contribution in [2.75, 3.05) is 41.0 Å². The predicted molar refractivity (Wildman–Crippen MR) is 67.7 cm³/mol. The average Bonchev–Trinajstić information content (AvgIpc) is 2.40. The molecular weight excluding hydrogens is 258 g/mol. The number of amides is 2. The van der Waals surface area contributed by atoms with E-state index in [1.807, 2.05) is 0 Å². The molecular formula is C9H23N3O5Si. The molecule has 0 heterocycles. The summed E-state index contributed by atoms with van der Waals surface area (Å²) in [5, 5.41) is 5.28. The van der Waals surface area contributed by atoms with E-state index in [1.165, 1.54) is 0 Å². The van der Waals surface area contributed by atoms with Crippen molar-refractivity contribution >= 4 is 14.8 Å². The van der Waals surface area contributed by atoms with E-state index in [9.17, 15) is 4.79 Å². The van der Waals surface area contributed by atoms with Crippen LogP contribution in [0.2, 0.25) is 6.04 Å². The van der Waals surface area contributed by atoms with Gasteiger partial charge in [0.15, 0.2) is 0 Å². The molecule has 0 rings (SSSR count). The monoisotopic (exact) mass is 281 g/mol. The fraction of sp³-hybridized carbons (Fsp3) is 0.889. The van der Waals surface area contributed by atoms with Gasteiger partial charge in [0, 0.05) is 40.5 Å². The molecule has 0 aromatic heterocycles. The summed E-state index contributed by atoms with van der Waals surface area (Å²) < 4.78 is 15.8. The van der Waals surface area contributed by atoms with Crippen LogP contribution in [-0.2, 0) is 18.1 Å². The van der Waals surface area contributed by atoms with Crippen molar-refractivity contribution in [3.05, 3.63) is 0 Å². The normalized spacial score (nSPS) is 11.3. The summed E-state index contributed by atoms with van der Waals surface area (Å²) in [6, 6.07) is 0.384. The fourth-order valence-corrected chi connectivity index (χ4v) is 3.07. The van der Waals surface area contributed by atoms with E-state index in [1.54, 1.807) is 21.3 Å². The molecule has 2 amide bonds. The summed E-state index contributed by atoms with van der Waals surface area (Å²) in [5.41, 5.74) is 0. The maximum atomic E-state index is 11.2. The molecule has 4 N–H and O–H groups in total. The number of urea groups is 1. The van der Waals surface area contributed by atoms with Crippen LogP contribution in [0.1, 0.15) is 6.42 Å². The Morgan fingerprint density at radius 1 is 1.11 bits per heavy atom. The van der Waals surface area contributed by atoms with Crippen LogP contribution >= 0.6 is 0 Å². The lowest BCUT2D eigenvalue weighted by atomic mass is 10.5. The molecule has 0 atom stereocenters. The largest absolute Gasteiger partial charge is 0.500 e. The van der Waals surface area contributed by atoms with Gasteiger partial charge in [0.1, 0.15) is 0 Å². The third-order valence-electron chi connectivity index (χ3n) is 2.38. The zero-order chi connectivity index (χ0) is 13.9. The van der Waals surface area contributed by atoms with E-state index >= 15 is 0 Å². The van der Waals surface area contributed by atoms with Crippen LogP contribution in [0.5, 0.6) is 0 Å². The lowest BCUT2D eigenvalue weighted by Gasteiger charge is -2.24. The predicted octanol–water partition coefficient (Wildman–Crippen LogP) is -0.556. The first-order valence-electron chi connectivity index (χ1n) is 5.63. The molecule has 0 unspecified atom stereocenters. The molecule has 0 radical (unpaired) electrons. The zero-order valence-corrected chi connectivity index (χ0v) is 12.2. The van der Waals surface area contributed by atoms with Crippen molar-refractivity contribution in [1.29, 1.82) is 0 Å². The Morgan fingerprint density at radius 2 is 1.67 bits per heavy atom. The van der Waals surface area contributed by atoms with E-state index < -0.39 is 8.80 Å². The number of carbonyl (C=O) groups excluding carboxylic acids is 1. The Morgan fingerprint density at radius 3 is 2.17 bits per heavy atom. The number of carbonyl (C=O) groups is 1. The molecule has 9 heteroatoms. The summed E-state index contributed by atoms with van der Waals surface area (Å²) in [6.07, 6.45) is 0.711. The van der Waals surface area contributed by atoms with Gasteiger partial charge in [0.25, 0.3) is 0 Å². The first-order valence-corrected chi connectivity index (χ1v) is 7.56.